The Kier molecular flexibility index (Phi) is 3.85. The summed E-state index contributed by atoms with van der Waals surface area (Å²) in [6.45, 7) is -0.426. The molecular weight excluding hydrogens is 229 g/mol. The van der Waals surface area contributed by atoms with Crippen molar-refractivity contribution in [3.8, 4) is 5.75 Å². The number of ether oxygens (including phenoxy) is 1. The highest BCUT2D eigenvalue weighted by molar-refractivity contribution is 6.35. The first-order valence-electron chi connectivity index (χ1n) is 3.57. The fourth-order valence-corrected chi connectivity index (χ4v) is 1.22. The van der Waals surface area contributed by atoms with E-state index in [1.165, 1.54) is 12.1 Å². The van der Waals surface area contributed by atoms with Crippen LogP contribution in [0.15, 0.2) is 23.4 Å². The smallest absolute Gasteiger partial charge is 0.323 e. The summed E-state index contributed by atoms with van der Waals surface area (Å²) in [7, 11) is 0. The van der Waals surface area contributed by atoms with E-state index in [4.69, 9.17) is 27.9 Å². The van der Waals surface area contributed by atoms with Crippen molar-refractivity contribution < 1.29 is 9.53 Å². The van der Waals surface area contributed by atoms with Crippen LogP contribution < -0.4 is 4.74 Å². The van der Waals surface area contributed by atoms with Gasteiger partial charge in [-0.3, -0.25) is 4.79 Å². The van der Waals surface area contributed by atoms with E-state index in [9.17, 15) is 9.70 Å². The molecule has 0 aliphatic rings. The highest BCUT2D eigenvalue weighted by Crippen LogP contribution is 2.27. The largest absolute Gasteiger partial charge is 0.482 e. The second kappa shape index (κ2) is 4.93. The first kappa shape index (κ1) is 10.9. The lowest BCUT2D eigenvalue weighted by atomic mass is 10.3. The minimum absolute atomic E-state index is 0.274. The van der Waals surface area contributed by atoms with Gasteiger partial charge in [0.05, 0.1) is 5.02 Å². The van der Waals surface area contributed by atoms with E-state index in [1.807, 2.05) is 0 Å². The highest BCUT2D eigenvalue weighted by Gasteiger charge is 2.05. The van der Waals surface area contributed by atoms with Crippen molar-refractivity contribution in [3.05, 3.63) is 33.2 Å². The van der Waals surface area contributed by atoms with Gasteiger partial charge in [-0.25, -0.2) is 0 Å². The molecule has 0 spiro atoms. The third-order valence-corrected chi connectivity index (χ3v) is 1.88. The summed E-state index contributed by atoms with van der Waals surface area (Å²) in [5.41, 5.74) is 0. The molecule has 4 nitrogen and oxygen atoms in total. The number of carbonyl (C=O) groups is 1. The summed E-state index contributed by atoms with van der Waals surface area (Å²) in [6, 6.07) is 4.53. The van der Waals surface area contributed by atoms with Gasteiger partial charge >= 0.3 is 5.91 Å². The molecule has 1 aromatic rings. The van der Waals surface area contributed by atoms with Crippen molar-refractivity contribution in [2.24, 2.45) is 5.18 Å². The van der Waals surface area contributed by atoms with Gasteiger partial charge in [0.1, 0.15) is 5.75 Å². The van der Waals surface area contributed by atoms with Gasteiger partial charge in [0.25, 0.3) is 0 Å². The predicted octanol–water partition coefficient (Wildman–Crippen LogP) is 2.67. The van der Waals surface area contributed by atoms with Crippen molar-refractivity contribution in [2.45, 2.75) is 0 Å². The van der Waals surface area contributed by atoms with Gasteiger partial charge in [-0.05, 0) is 18.2 Å². The predicted molar refractivity (Wildman–Crippen MR) is 52.8 cm³/mol. The maximum atomic E-state index is 10.5. The third kappa shape index (κ3) is 2.97. The van der Waals surface area contributed by atoms with Crippen molar-refractivity contribution in [2.75, 3.05) is 6.61 Å². The van der Waals surface area contributed by atoms with E-state index < -0.39 is 12.5 Å². The first-order chi connectivity index (χ1) is 6.63. The molecule has 74 valence electrons. The molecule has 0 N–H and O–H groups in total. The number of benzene rings is 1. The van der Waals surface area contributed by atoms with Crippen LogP contribution in [-0.2, 0) is 4.79 Å². The molecule has 1 amide bonds. The van der Waals surface area contributed by atoms with E-state index in [2.05, 4.69) is 5.18 Å². The number of nitrogens with zero attached hydrogens (tertiary/aromatic N) is 1. The van der Waals surface area contributed by atoms with Crippen LogP contribution >= 0.6 is 23.2 Å². The first-order valence-corrected chi connectivity index (χ1v) is 4.33. The summed E-state index contributed by atoms with van der Waals surface area (Å²) in [5, 5.41) is 2.90. The van der Waals surface area contributed by atoms with Gasteiger partial charge in [0.15, 0.2) is 6.61 Å². The summed E-state index contributed by atoms with van der Waals surface area (Å²) in [5.74, 6) is -0.607. The van der Waals surface area contributed by atoms with Crippen molar-refractivity contribution in [3.63, 3.8) is 0 Å². The van der Waals surface area contributed by atoms with Crippen molar-refractivity contribution >= 4 is 29.1 Å². The molecule has 0 aliphatic carbocycles. The van der Waals surface area contributed by atoms with Crippen LogP contribution in [0.5, 0.6) is 5.75 Å². The molecule has 0 radical (unpaired) electrons. The highest BCUT2D eigenvalue weighted by atomic mass is 35.5. The number of nitroso groups, excluding NO2 is 1. The maximum absolute atomic E-state index is 10.5. The Balaban J connectivity index is 2.68. The number of amides is 1. The average molecular weight is 234 g/mol. The van der Waals surface area contributed by atoms with Crippen LogP contribution in [0.25, 0.3) is 0 Å². The van der Waals surface area contributed by atoms with Crippen LogP contribution in [0.4, 0.5) is 0 Å². The summed E-state index contributed by atoms with van der Waals surface area (Å²) in [6.07, 6.45) is 0. The van der Waals surface area contributed by atoms with Gasteiger partial charge in [-0.1, -0.05) is 23.2 Å². The molecule has 0 aromatic heterocycles. The summed E-state index contributed by atoms with van der Waals surface area (Å²) < 4.78 is 4.91. The lowest BCUT2D eigenvalue weighted by Gasteiger charge is -2.04. The van der Waals surface area contributed by atoms with Gasteiger partial charge in [-0.2, -0.15) is 0 Å². The van der Waals surface area contributed by atoms with E-state index in [1.54, 1.807) is 6.07 Å². The van der Waals surface area contributed by atoms with E-state index in [0.29, 0.717) is 5.02 Å². The molecular formula is C8H5Cl2NO3. The third-order valence-electron chi connectivity index (χ3n) is 1.35. The van der Waals surface area contributed by atoms with E-state index in [-0.39, 0.29) is 10.8 Å². The molecule has 0 fully saturated rings. The molecule has 0 unspecified atom stereocenters. The molecule has 0 saturated carbocycles. The lowest BCUT2D eigenvalue weighted by Crippen LogP contribution is -2.07. The van der Waals surface area contributed by atoms with Gasteiger partial charge in [-0.15, -0.1) is 4.91 Å². The zero-order chi connectivity index (χ0) is 10.6. The minimum Gasteiger partial charge on any atom is -0.482 e. The van der Waals surface area contributed by atoms with Crippen LogP contribution in [0.3, 0.4) is 0 Å². The molecule has 0 aliphatic heterocycles. The molecule has 14 heavy (non-hydrogen) atoms. The van der Waals surface area contributed by atoms with Crippen molar-refractivity contribution in [1.82, 2.24) is 0 Å². The van der Waals surface area contributed by atoms with E-state index >= 15 is 0 Å². The number of rotatable bonds is 3. The van der Waals surface area contributed by atoms with Gasteiger partial charge in [0.2, 0.25) is 0 Å². The number of hydrogen-bond acceptors (Lipinski definition) is 3. The monoisotopic (exact) mass is 233 g/mol. The number of hydrogen-bond donors (Lipinski definition) is 0. The number of halogens is 2. The SMILES string of the molecule is O=NC(=O)COc1ccc(Cl)cc1Cl. The average Bonchev–Trinajstić information content (AvgIpc) is 2.16. The van der Waals surface area contributed by atoms with Crippen LogP contribution in [0.1, 0.15) is 0 Å². The normalized spacial score (nSPS) is 9.57. The molecule has 1 rings (SSSR count). The minimum atomic E-state index is -0.893. The fraction of sp³-hybridized carbons (Fsp3) is 0.125. The molecule has 0 atom stereocenters. The summed E-state index contributed by atoms with van der Waals surface area (Å²) >= 11 is 11.4. The molecule has 1 aromatic carbocycles. The van der Waals surface area contributed by atoms with Gasteiger partial charge < -0.3 is 4.74 Å². The van der Waals surface area contributed by atoms with Crippen molar-refractivity contribution in [1.29, 1.82) is 0 Å². The Morgan fingerprint density at radius 1 is 1.43 bits per heavy atom. The Labute approximate surface area is 89.7 Å². The quantitative estimate of drug-likeness (QED) is 0.755. The second-order valence-electron chi connectivity index (χ2n) is 2.35. The maximum Gasteiger partial charge on any atom is 0.323 e. The topological polar surface area (TPSA) is 55.7 Å². The summed E-state index contributed by atoms with van der Waals surface area (Å²) in [4.78, 5) is 20.2. The van der Waals surface area contributed by atoms with Crippen LogP contribution in [0, 0.1) is 4.91 Å². The van der Waals surface area contributed by atoms with Gasteiger partial charge in [0, 0.05) is 10.2 Å². The lowest BCUT2D eigenvalue weighted by molar-refractivity contribution is -0.119. The Bertz CT molecular complexity index is 368. The zero-order valence-corrected chi connectivity index (χ0v) is 8.38. The Hall–Kier alpha value is -1.13. The molecule has 0 bridgehead atoms. The zero-order valence-electron chi connectivity index (χ0n) is 6.87. The Morgan fingerprint density at radius 2 is 2.14 bits per heavy atom. The van der Waals surface area contributed by atoms with E-state index in [0.717, 1.165) is 0 Å². The van der Waals surface area contributed by atoms with Crippen LogP contribution in [-0.4, -0.2) is 12.5 Å². The standard InChI is InChI=1S/C8H5Cl2NO3/c9-5-1-2-7(6(10)3-5)14-4-8(12)11-13/h1-3H,4H2. The molecule has 6 heteroatoms. The van der Waals surface area contributed by atoms with Crippen LogP contribution in [0.2, 0.25) is 10.0 Å². The Morgan fingerprint density at radius 3 is 2.71 bits per heavy atom. The molecule has 0 heterocycles. The number of carbonyl (C=O) groups excluding carboxylic acids is 1. The molecule has 0 saturated heterocycles. The fourth-order valence-electron chi connectivity index (χ4n) is 0.758. The second-order valence-corrected chi connectivity index (χ2v) is 3.19.